The lowest BCUT2D eigenvalue weighted by atomic mass is 10.2. The van der Waals surface area contributed by atoms with Crippen molar-refractivity contribution < 1.29 is 9.50 Å². The molecule has 2 aromatic rings. The van der Waals surface area contributed by atoms with Crippen LogP contribution in [0.4, 0.5) is 10.2 Å². The third-order valence-corrected chi connectivity index (χ3v) is 2.58. The second-order valence-electron chi connectivity index (χ2n) is 4.01. The van der Waals surface area contributed by atoms with Crippen molar-refractivity contribution in [3.63, 3.8) is 0 Å². The molecule has 0 aliphatic heterocycles. The molecule has 0 fully saturated rings. The van der Waals surface area contributed by atoms with E-state index in [1.165, 1.54) is 6.07 Å². The van der Waals surface area contributed by atoms with Crippen molar-refractivity contribution in [2.24, 2.45) is 0 Å². The highest BCUT2D eigenvalue weighted by Crippen LogP contribution is 2.19. The predicted molar refractivity (Wildman–Crippen MR) is 66.5 cm³/mol. The Kier molecular flexibility index (Phi) is 3.84. The number of aliphatic hydroxyl groups excluding tert-OH is 1. The standard InChI is InChI=1S/C13H14FN3O/c1-17(8-10-3-2-4-15-6-10)13-11(9-18)5-12(14)7-16-13/h2-7,18H,8-9H2,1H3. The summed E-state index contributed by atoms with van der Waals surface area (Å²) in [5, 5.41) is 9.21. The Labute approximate surface area is 105 Å². The fourth-order valence-electron chi connectivity index (χ4n) is 1.77. The Morgan fingerprint density at radius 1 is 1.39 bits per heavy atom. The normalized spacial score (nSPS) is 10.4. The molecule has 4 nitrogen and oxygen atoms in total. The fourth-order valence-corrected chi connectivity index (χ4v) is 1.77. The van der Waals surface area contributed by atoms with Crippen molar-refractivity contribution in [2.45, 2.75) is 13.2 Å². The summed E-state index contributed by atoms with van der Waals surface area (Å²) >= 11 is 0. The first-order valence-electron chi connectivity index (χ1n) is 5.56. The maximum absolute atomic E-state index is 13.0. The van der Waals surface area contributed by atoms with Gasteiger partial charge in [0.15, 0.2) is 0 Å². The van der Waals surface area contributed by atoms with Gasteiger partial charge in [-0.15, -0.1) is 0 Å². The Balaban J connectivity index is 2.21. The smallest absolute Gasteiger partial charge is 0.142 e. The Morgan fingerprint density at radius 2 is 2.22 bits per heavy atom. The van der Waals surface area contributed by atoms with E-state index < -0.39 is 5.82 Å². The van der Waals surface area contributed by atoms with Gasteiger partial charge < -0.3 is 10.0 Å². The number of pyridine rings is 2. The number of halogens is 1. The molecule has 0 radical (unpaired) electrons. The molecule has 0 aliphatic rings. The van der Waals surface area contributed by atoms with Gasteiger partial charge in [-0.2, -0.15) is 0 Å². The van der Waals surface area contributed by atoms with Crippen LogP contribution < -0.4 is 4.90 Å². The quantitative estimate of drug-likeness (QED) is 0.894. The van der Waals surface area contributed by atoms with E-state index >= 15 is 0 Å². The van der Waals surface area contributed by atoms with Gasteiger partial charge >= 0.3 is 0 Å². The number of anilines is 1. The molecule has 94 valence electrons. The van der Waals surface area contributed by atoms with Crippen LogP contribution in [0, 0.1) is 5.82 Å². The van der Waals surface area contributed by atoms with Crippen molar-refractivity contribution in [3.05, 3.63) is 53.7 Å². The summed E-state index contributed by atoms with van der Waals surface area (Å²) in [6.07, 6.45) is 4.62. The molecule has 18 heavy (non-hydrogen) atoms. The predicted octanol–water partition coefficient (Wildman–Crippen LogP) is 1.74. The average molecular weight is 247 g/mol. The highest BCUT2D eigenvalue weighted by Gasteiger charge is 2.10. The molecule has 2 aromatic heterocycles. The summed E-state index contributed by atoms with van der Waals surface area (Å²) in [5.41, 5.74) is 1.50. The number of hydrogen-bond acceptors (Lipinski definition) is 4. The largest absolute Gasteiger partial charge is 0.392 e. The minimum atomic E-state index is -0.447. The molecular formula is C13H14FN3O. The molecule has 1 N–H and O–H groups in total. The van der Waals surface area contributed by atoms with Crippen LogP contribution in [0.3, 0.4) is 0 Å². The highest BCUT2D eigenvalue weighted by atomic mass is 19.1. The van der Waals surface area contributed by atoms with Gasteiger partial charge in [0.05, 0.1) is 12.8 Å². The molecule has 5 heteroatoms. The zero-order valence-corrected chi connectivity index (χ0v) is 10.0. The SMILES string of the molecule is CN(Cc1cccnc1)c1ncc(F)cc1CO. The van der Waals surface area contributed by atoms with E-state index in [-0.39, 0.29) is 6.61 Å². The zero-order valence-electron chi connectivity index (χ0n) is 10.0. The van der Waals surface area contributed by atoms with Gasteiger partial charge in [0.1, 0.15) is 11.6 Å². The average Bonchev–Trinajstić information content (AvgIpc) is 2.39. The van der Waals surface area contributed by atoms with Crippen molar-refractivity contribution >= 4 is 5.82 Å². The number of aliphatic hydroxyl groups is 1. The minimum Gasteiger partial charge on any atom is -0.392 e. The van der Waals surface area contributed by atoms with Crippen molar-refractivity contribution in [1.29, 1.82) is 0 Å². The van der Waals surface area contributed by atoms with Crippen LogP contribution in [0.25, 0.3) is 0 Å². The first kappa shape index (κ1) is 12.4. The summed E-state index contributed by atoms with van der Waals surface area (Å²) in [4.78, 5) is 9.90. The number of aromatic nitrogens is 2. The molecular weight excluding hydrogens is 233 g/mol. The molecule has 0 aromatic carbocycles. The van der Waals surface area contributed by atoms with Crippen LogP contribution in [0.5, 0.6) is 0 Å². The maximum Gasteiger partial charge on any atom is 0.142 e. The van der Waals surface area contributed by atoms with E-state index in [2.05, 4.69) is 9.97 Å². The van der Waals surface area contributed by atoms with Crippen molar-refractivity contribution in [2.75, 3.05) is 11.9 Å². The van der Waals surface area contributed by atoms with Crippen LogP contribution in [0.15, 0.2) is 36.8 Å². The second kappa shape index (κ2) is 5.55. The van der Waals surface area contributed by atoms with Crippen LogP contribution in [0.1, 0.15) is 11.1 Å². The number of hydrogen-bond donors (Lipinski definition) is 1. The van der Waals surface area contributed by atoms with E-state index in [1.807, 2.05) is 24.1 Å². The van der Waals surface area contributed by atoms with Crippen LogP contribution in [0.2, 0.25) is 0 Å². The van der Waals surface area contributed by atoms with Crippen LogP contribution >= 0.6 is 0 Å². The second-order valence-corrected chi connectivity index (χ2v) is 4.01. The van der Waals surface area contributed by atoms with Crippen molar-refractivity contribution in [1.82, 2.24) is 9.97 Å². The maximum atomic E-state index is 13.0. The van der Waals surface area contributed by atoms with Crippen LogP contribution in [-0.4, -0.2) is 22.1 Å². The fraction of sp³-hybridized carbons (Fsp3) is 0.231. The molecule has 0 aliphatic carbocycles. The van der Waals surface area contributed by atoms with E-state index in [9.17, 15) is 9.50 Å². The molecule has 0 bridgehead atoms. The van der Waals surface area contributed by atoms with E-state index in [4.69, 9.17) is 0 Å². The number of nitrogens with zero attached hydrogens (tertiary/aromatic N) is 3. The molecule has 0 saturated carbocycles. The van der Waals surface area contributed by atoms with Gasteiger partial charge in [0.25, 0.3) is 0 Å². The minimum absolute atomic E-state index is 0.239. The Hall–Kier alpha value is -2.01. The van der Waals surface area contributed by atoms with E-state index in [0.29, 0.717) is 17.9 Å². The Morgan fingerprint density at radius 3 is 2.89 bits per heavy atom. The highest BCUT2D eigenvalue weighted by molar-refractivity contribution is 5.46. The van der Waals surface area contributed by atoms with E-state index in [1.54, 1.807) is 12.4 Å². The van der Waals surface area contributed by atoms with Gasteiger partial charge in [-0.1, -0.05) is 6.07 Å². The lowest BCUT2D eigenvalue weighted by Gasteiger charge is -2.20. The molecule has 0 amide bonds. The first-order valence-corrected chi connectivity index (χ1v) is 5.56. The van der Waals surface area contributed by atoms with Gasteiger partial charge in [-0.05, 0) is 17.7 Å². The van der Waals surface area contributed by atoms with Gasteiger partial charge in [-0.25, -0.2) is 9.37 Å². The summed E-state index contributed by atoms with van der Waals surface area (Å²) in [7, 11) is 1.84. The molecule has 0 spiro atoms. The molecule has 0 atom stereocenters. The third-order valence-electron chi connectivity index (χ3n) is 2.58. The monoisotopic (exact) mass is 247 g/mol. The van der Waals surface area contributed by atoms with Gasteiger partial charge in [0, 0.05) is 31.5 Å². The summed E-state index contributed by atoms with van der Waals surface area (Å²) in [5.74, 6) is 0.125. The third kappa shape index (κ3) is 2.81. The molecule has 0 saturated heterocycles. The summed E-state index contributed by atoms with van der Waals surface area (Å²) in [6, 6.07) is 5.10. The molecule has 0 unspecified atom stereocenters. The molecule has 2 rings (SSSR count). The number of rotatable bonds is 4. The van der Waals surface area contributed by atoms with Crippen molar-refractivity contribution in [3.8, 4) is 0 Å². The zero-order chi connectivity index (χ0) is 13.0. The molecule has 2 heterocycles. The summed E-state index contributed by atoms with van der Waals surface area (Å²) in [6.45, 7) is 0.358. The van der Waals surface area contributed by atoms with E-state index in [0.717, 1.165) is 11.8 Å². The van der Waals surface area contributed by atoms with Crippen LogP contribution in [-0.2, 0) is 13.2 Å². The lowest BCUT2D eigenvalue weighted by Crippen LogP contribution is -2.19. The van der Waals surface area contributed by atoms with Gasteiger partial charge in [0.2, 0.25) is 0 Å². The summed E-state index contributed by atoms with van der Waals surface area (Å²) < 4.78 is 13.0. The Bertz CT molecular complexity index is 519. The first-order chi connectivity index (χ1) is 8.70. The van der Waals surface area contributed by atoms with Gasteiger partial charge in [-0.3, -0.25) is 4.98 Å². The lowest BCUT2D eigenvalue weighted by molar-refractivity contribution is 0.281. The topological polar surface area (TPSA) is 49.2 Å².